The molecule has 0 amide bonds. The molecule has 1 N–H and O–H groups in total. The van der Waals surface area contributed by atoms with E-state index >= 15 is 0 Å². The monoisotopic (exact) mass is 341 g/mol. The summed E-state index contributed by atoms with van der Waals surface area (Å²) in [5.41, 5.74) is 1.70. The molecule has 25 heavy (non-hydrogen) atoms. The van der Waals surface area contributed by atoms with Gasteiger partial charge in [-0.05, 0) is 48.7 Å². The molecular formula is C20H20FNO3. The Labute approximate surface area is 145 Å². The predicted octanol–water partition coefficient (Wildman–Crippen LogP) is 4.11. The molecule has 130 valence electrons. The van der Waals surface area contributed by atoms with Crippen molar-refractivity contribution in [2.75, 3.05) is 18.0 Å². The van der Waals surface area contributed by atoms with Crippen LogP contribution in [0.4, 0.5) is 10.1 Å². The van der Waals surface area contributed by atoms with E-state index in [-0.39, 0.29) is 16.9 Å². The van der Waals surface area contributed by atoms with Crippen LogP contribution in [-0.4, -0.2) is 29.9 Å². The standard InChI is InChI=1S/C20H20FNO3/c1-13(14-4-6-15(7-5-14)20(24)25)19(23)17-9-8-16(12-18(17)21)22-10-2-3-11-22/h4-9,12-13H,2-3,10-11H2,1H3,(H,24,25). The smallest absolute Gasteiger partial charge is 0.335 e. The predicted molar refractivity (Wildman–Crippen MR) is 94.0 cm³/mol. The first kappa shape index (κ1) is 17.1. The summed E-state index contributed by atoms with van der Waals surface area (Å²) in [5.74, 6) is -2.39. The highest BCUT2D eigenvalue weighted by Crippen LogP contribution is 2.27. The third-order valence-corrected chi connectivity index (χ3v) is 4.74. The van der Waals surface area contributed by atoms with Crippen LogP contribution in [-0.2, 0) is 0 Å². The second-order valence-electron chi connectivity index (χ2n) is 6.37. The van der Waals surface area contributed by atoms with Crippen molar-refractivity contribution in [2.24, 2.45) is 0 Å². The van der Waals surface area contributed by atoms with Gasteiger partial charge in [0, 0.05) is 24.7 Å². The third-order valence-electron chi connectivity index (χ3n) is 4.74. The van der Waals surface area contributed by atoms with Crippen molar-refractivity contribution in [3.63, 3.8) is 0 Å². The molecule has 0 spiro atoms. The topological polar surface area (TPSA) is 57.6 Å². The molecule has 0 aromatic heterocycles. The zero-order valence-electron chi connectivity index (χ0n) is 14.0. The molecule has 2 aromatic carbocycles. The normalized spacial score (nSPS) is 15.2. The maximum Gasteiger partial charge on any atom is 0.335 e. The SMILES string of the molecule is CC(C(=O)c1ccc(N2CCCC2)cc1F)c1ccc(C(=O)O)cc1. The van der Waals surface area contributed by atoms with Crippen LogP contribution in [0.25, 0.3) is 0 Å². The van der Waals surface area contributed by atoms with E-state index in [9.17, 15) is 14.0 Å². The van der Waals surface area contributed by atoms with Crippen LogP contribution in [0.2, 0.25) is 0 Å². The maximum atomic E-state index is 14.5. The van der Waals surface area contributed by atoms with Crippen LogP contribution in [0.5, 0.6) is 0 Å². The van der Waals surface area contributed by atoms with Crippen molar-refractivity contribution in [1.82, 2.24) is 0 Å². The lowest BCUT2D eigenvalue weighted by Gasteiger charge is -2.19. The molecule has 1 aliphatic rings. The Balaban J connectivity index is 1.80. The summed E-state index contributed by atoms with van der Waals surface area (Å²) in [6, 6.07) is 10.9. The molecule has 0 saturated carbocycles. The second kappa shape index (κ2) is 7.05. The first-order chi connectivity index (χ1) is 12.0. The van der Waals surface area contributed by atoms with Gasteiger partial charge in [0.05, 0.1) is 11.1 Å². The summed E-state index contributed by atoms with van der Waals surface area (Å²) in [5, 5.41) is 8.93. The number of hydrogen-bond acceptors (Lipinski definition) is 3. The Hall–Kier alpha value is -2.69. The van der Waals surface area contributed by atoms with Crippen LogP contribution in [0.1, 0.15) is 52.0 Å². The Morgan fingerprint density at radius 3 is 2.28 bits per heavy atom. The molecule has 4 nitrogen and oxygen atoms in total. The number of anilines is 1. The van der Waals surface area contributed by atoms with Gasteiger partial charge in [0.25, 0.3) is 0 Å². The van der Waals surface area contributed by atoms with E-state index in [0.29, 0.717) is 5.56 Å². The highest BCUT2D eigenvalue weighted by Gasteiger charge is 2.22. The number of aromatic carboxylic acids is 1. The minimum absolute atomic E-state index is 0.0674. The van der Waals surface area contributed by atoms with Crippen LogP contribution >= 0.6 is 0 Å². The molecule has 0 radical (unpaired) electrons. The summed E-state index contributed by atoms with van der Waals surface area (Å²) in [7, 11) is 0. The molecule has 3 rings (SSSR count). The molecule has 0 aliphatic carbocycles. The quantitative estimate of drug-likeness (QED) is 0.832. The number of nitrogens with zero attached hydrogens (tertiary/aromatic N) is 1. The average molecular weight is 341 g/mol. The Morgan fingerprint density at radius 1 is 1.08 bits per heavy atom. The summed E-state index contributed by atoms with van der Waals surface area (Å²) in [6.45, 7) is 3.53. The summed E-state index contributed by atoms with van der Waals surface area (Å²) in [4.78, 5) is 25.7. The van der Waals surface area contributed by atoms with Crippen molar-refractivity contribution in [3.8, 4) is 0 Å². The summed E-state index contributed by atoms with van der Waals surface area (Å²) in [6.07, 6.45) is 2.21. The van der Waals surface area contributed by atoms with Gasteiger partial charge in [0.15, 0.2) is 5.78 Å². The number of carboxylic acids is 1. The number of carbonyl (C=O) groups is 2. The van der Waals surface area contributed by atoms with Gasteiger partial charge in [-0.3, -0.25) is 4.79 Å². The van der Waals surface area contributed by atoms with Crippen LogP contribution in [0, 0.1) is 5.82 Å². The second-order valence-corrected chi connectivity index (χ2v) is 6.37. The number of Topliss-reactive ketones (excluding diaryl/α,β-unsaturated/α-hetero) is 1. The molecule has 1 heterocycles. The fourth-order valence-corrected chi connectivity index (χ4v) is 3.17. The summed E-state index contributed by atoms with van der Waals surface area (Å²) >= 11 is 0. The van der Waals surface area contributed by atoms with Crippen molar-refractivity contribution < 1.29 is 19.1 Å². The molecule has 1 fully saturated rings. The molecule has 5 heteroatoms. The molecular weight excluding hydrogens is 321 g/mol. The van der Waals surface area contributed by atoms with E-state index in [1.165, 1.54) is 18.2 Å². The van der Waals surface area contributed by atoms with Crippen molar-refractivity contribution in [1.29, 1.82) is 0 Å². The largest absolute Gasteiger partial charge is 0.478 e. The van der Waals surface area contributed by atoms with Crippen molar-refractivity contribution in [2.45, 2.75) is 25.7 Å². The van der Waals surface area contributed by atoms with E-state index in [0.717, 1.165) is 31.6 Å². The Morgan fingerprint density at radius 2 is 1.72 bits per heavy atom. The highest BCUT2D eigenvalue weighted by atomic mass is 19.1. The average Bonchev–Trinajstić information content (AvgIpc) is 3.15. The Kier molecular flexibility index (Phi) is 4.83. The number of benzene rings is 2. The number of halogens is 1. The maximum absolute atomic E-state index is 14.5. The Bertz CT molecular complexity index is 795. The van der Waals surface area contributed by atoms with E-state index in [2.05, 4.69) is 4.90 Å². The third kappa shape index (κ3) is 3.55. The van der Waals surface area contributed by atoms with Crippen LogP contribution < -0.4 is 4.90 Å². The number of ketones is 1. The van der Waals surface area contributed by atoms with Gasteiger partial charge in [0.2, 0.25) is 0 Å². The molecule has 1 aliphatic heterocycles. The first-order valence-corrected chi connectivity index (χ1v) is 8.39. The van der Waals surface area contributed by atoms with Gasteiger partial charge < -0.3 is 10.0 Å². The zero-order chi connectivity index (χ0) is 18.0. The van der Waals surface area contributed by atoms with Gasteiger partial charge in [0.1, 0.15) is 5.82 Å². The minimum Gasteiger partial charge on any atom is -0.478 e. The lowest BCUT2D eigenvalue weighted by atomic mass is 9.91. The van der Waals surface area contributed by atoms with Gasteiger partial charge in [-0.15, -0.1) is 0 Å². The van der Waals surface area contributed by atoms with Crippen LogP contribution in [0.3, 0.4) is 0 Å². The van der Waals surface area contributed by atoms with E-state index in [4.69, 9.17) is 5.11 Å². The molecule has 1 unspecified atom stereocenters. The fraction of sp³-hybridized carbons (Fsp3) is 0.300. The lowest BCUT2D eigenvalue weighted by molar-refractivity contribution is 0.0696. The van der Waals surface area contributed by atoms with Gasteiger partial charge in [-0.1, -0.05) is 19.1 Å². The number of carboxylic acid groups (broad SMARTS) is 1. The molecule has 0 bridgehead atoms. The first-order valence-electron chi connectivity index (χ1n) is 8.39. The lowest BCUT2D eigenvalue weighted by Crippen LogP contribution is -2.18. The van der Waals surface area contributed by atoms with E-state index < -0.39 is 17.7 Å². The highest BCUT2D eigenvalue weighted by molar-refractivity contribution is 6.01. The van der Waals surface area contributed by atoms with Gasteiger partial charge >= 0.3 is 5.97 Å². The van der Waals surface area contributed by atoms with E-state index in [1.807, 2.05) is 0 Å². The van der Waals surface area contributed by atoms with E-state index in [1.54, 1.807) is 31.2 Å². The zero-order valence-corrected chi connectivity index (χ0v) is 14.0. The number of rotatable bonds is 5. The van der Waals surface area contributed by atoms with Crippen molar-refractivity contribution >= 4 is 17.4 Å². The van der Waals surface area contributed by atoms with Gasteiger partial charge in [-0.25, -0.2) is 9.18 Å². The number of carbonyl (C=O) groups excluding carboxylic acids is 1. The van der Waals surface area contributed by atoms with Crippen molar-refractivity contribution in [3.05, 3.63) is 65.0 Å². The summed E-state index contributed by atoms with van der Waals surface area (Å²) < 4.78 is 14.5. The fourth-order valence-electron chi connectivity index (χ4n) is 3.17. The van der Waals surface area contributed by atoms with Gasteiger partial charge in [-0.2, -0.15) is 0 Å². The molecule has 1 atom stereocenters. The van der Waals surface area contributed by atoms with Crippen LogP contribution in [0.15, 0.2) is 42.5 Å². The number of hydrogen-bond donors (Lipinski definition) is 1. The minimum atomic E-state index is -1.02. The molecule has 2 aromatic rings. The molecule has 1 saturated heterocycles.